The normalized spacial score (nSPS) is 14.0. The molecule has 1 aliphatic heterocycles. The second kappa shape index (κ2) is 8.69. The Bertz CT molecular complexity index is 875. The molecule has 6 nitrogen and oxygen atoms in total. The third kappa shape index (κ3) is 4.57. The molecule has 1 saturated heterocycles. The summed E-state index contributed by atoms with van der Waals surface area (Å²) in [5.74, 6) is 1.29. The first-order valence-corrected chi connectivity index (χ1v) is 9.85. The van der Waals surface area contributed by atoms with Gasteiger partial charge in [-0.2, -0.15) is 10.1 Å². The molecule has 28 heavy (non-hydrogen) atoms. The van der Waals surface area contributed by atoms with E-state index in [0.29, 0.717) is 11.8 Å². The molecule has 0 atom stereocenters. The second-order valence-electron chi connectivity index (χ2n) is 7.20. The Hall–Kier alpha value is -3.15. The number of benzene rings is 2. The standard InChI is InChI=1S/C22H26N6/c1-27(17-18-8-4-2-5-9-18)22-25-21(16-23-26-22)24-19-10-12-20(13-11-19)28-14-6-3-7-15-28/h2,4-5,8-13,16H,3,6-7,14-15,17H2,1H3,(H,24,25,26). The number of nitrogens with zero attached hydrogens (tertiary/aromatic N) is 5. The van der Waals surface area contributed by atoms with Crippen LogP contribution in [0.1, 0.15) is 24.8 Å². The highest BCUT2D eigenvalue weighted by molar-refractivity contribution is 5.61. The van der Waals surface area contributed by atoms with E-state index in [1.165, 1.54) is 30.5 Å². The van der Waals surface area contributed by atoms with Gasteiger partial charge in [-0.1, -0.05) is 30.3 Å². The number of nitrogens with one attached hydrogen (secondary N) is 1. The molecule has 4 rings (SSSR count). The van der Waals surface area contributed by atoms with Crippen molar-refractivity contribution in [2.24, 2.45) is 0 Å². The molecule has 0 amide bonds. The highest BCUT2D eigenvalue weighted by Gasteiger charge is 2.11. The lowest BCUT2D eigenvalue weighted by molar-refractivity contribution is 0.578. The van der Waals surface area contributed by atoms with Crippen molar-refractivity contribution in [1.29, 1.82) is 0 Å². The summed E-state index contributed by atoms with van der Waals surface area (Å²) in [7, 11) is 1.97. The minimum atomic E-state index is 0.596. The maximum atomic E-state index is 4.61. The average Bonchev–Trinajstić information content (AvgIpc) is 2.76. The Morgan fingerprint density at radius 1 is 0.964 bits per heavy atom. The van der Waals surface area contributed by atoms with Gasteiger partial charge in [0.2, 0.25) is 5.95 Å². The Morgan fingerprint density at radius 3 is 2.46 bits per heavy atom. The van der Waals surface area contributed by atoms with Crippen molar-refractivity contribution in [3.05, 3.63) is 66.4 Å². The minimum Gasteiger partial charge on any atom is -0.372 e. The fourth-order valence-corrected chi connectivity index (χ4v) is 3.50. The lowest BCUT2D eigenvalue weighted by atomic mass is 10.1. The number of aromatic nitrogens is 3. The fourth-order valence-electron chi connectivity index (χ4n) is 3.50. The van der Waals surface area contributed by atoms with E-state index >= 15 is 0 Å². The summed E-state index contributed by atoms with van der Waals surface area (Å²) in [5, 5.41) is 11.6. The lowest BCUT2D eigenvalue weighted by Gasteiger charge is -2.28. The van der Waals surface area contributed by atoms with Crippen molar-refractivity contribution >= 4 is 23.1 Å². The van der Waals surface area contributed by atoms with Gasteiger partial charge >= 0.3 is 0 Å². The molecule has 0 saturated carbocycles. The van der Waals surface area contributed by atoms with Crippen LogP contribution < -0.4 is 15.1 Å². The number of anilines is 4. The van der Waals surface area contributed by atoms with E-state index in [9.17, 15) is 0 Å². The van der Waals surface area contributed by atoms with Crippen LogP contribution in [0, 0.1) is 0 Å². The second-order valence-corrected chi connectivity index (χ2v) is 7.20. The third-order valence-corrected chi connectivity index (χ3v) is 5.01. The molecular formula is C22H26N6. The smallest absolute Gasteiger partial charge is 0.247 e. The Balaban J connectivity index is 1.41. The van der Waals surface area contributed by atoms with Gasteiger partial charge in [0.15, 0.2) is 5.82 Å². The predicted octanol–water partition coefficient (Wildman–Crippen LogP) is 4.24. The van der Waals surface area contributed by atoms with Crippen LogP contribution in [-0.4, -0.2) is 35.3 Å². The molecule has 3 aromatic rings. The van der Waals surface area contributed by atoms with E-state index in [1.54, 1.807) is 6.20 Å². The largest absolute Gasteiger partial charge is 0.372 e. The zero-order valence-electron chi connectivity index (χ0n) is 16.3. The van der Waals surface area contributed by atoms with Crippen molar-refractivity contribution < 1.29 is 0 Å². The molecular weight excluding hydrogens is 348 g/mol. The summed E-state index contributed by atoms with van der Waals surface area (Å²) in [6, 6.07) is 18.8. The van der Waals surface area contributed by atoms with Crippen LogP contribution in [0.4, 0.5) is 23.1 Å². The van der Waals surface area contributed by atoms with Crippen LogP contribution in [0.2, 0.25) is 0 Å². The molecule has 6 heteroatoms. The Morgan fingerprint density at radius 2 is 1.71 bits per heavy atom. The number of piperidine rings is 1. The SMILES string of the molecule is CN(Cc1ccccc1)c1nncc(Nc2ccc(N3CCCCC3)cc2)n1. The predicted molar refractivity (Wildman–Crippen MR) is 114 cm³/mol. The zero-order valence-corrected chi connectivity index (χ0v) is 16.3. The first-order chi connectivity index (χ1) is 13.8. The third-order valence-electron chi connectivity index (χ3n) is 5.01. The minimum absolute atomic E-state index is 0.596. The van der Waals surface area contributed by atoms with Crippen LogP contribution in [0.5, 0.6) is 0 Å². The van der Waals surface area contributed by atoms with Crippen molar-refractivity contribution in [3.8, 4) is 0 Å². The summed E-state index contributed by atoms with van der Waals surface area (Å²) < 4.78 is 0. The van der Waals surface area contributed by atoms with Gasteiger partial charge in [-0.3, -0.25) is 0 Å². The molecule has 0 unspecified atom stereocenters. The van der Waals surface area contributed by atoms with Crippen molar-refractivity contribution in [3.63, 3.8) is 0 Å². The first kappa shape index (κ1) is 18.2. The van der Waals surface area contributed by atoms with Crippen LogP contribution in [0.15, 0.2) is 60.8 Å². The van der Waals surface area contributed by atoms with Gasteiger partial charge in [0.25, 0.3) is 0 Å². The molecule has 0 spiro atoms. The van der Waals surface area contributed by atoms with Gasteiger partial charge in [0.1, 0.15) is 0 Å². The average molecular weight is 374 g/mol. The molecule has 1 aromatic heterocycles. The van der Waals surface area contributed by atoms with Gasteiger partial charge < -0.3 is 15.1 Å². The van der Waals surface area contributed by atoms with Crippen LogP contribution in [0.25, 0.3) is 0 Å². The van der Waals surface area contributed by atoms with Crippen molar-refractivity contribution in [1.82, 2.24) is 15.2 Å². The van der Waals surface area contributed by atoms with Gasteiger partial charge in [0, 0.05) is 38.1 Å². The van der Waals surface area contributed by atoms with Gasteiger partial charge in [0.05, 0.1) is 6.20 Å². The summed E-state index contributed by atoms with van der Waals surface area (Å²) >= 11 is 0. The monoisotopic (exact) mass is 374 g/mol. The number of hydrogen-bond donors (Lipinski definition) is 1. The number of hydrogen-bond acceptors (Lipinski definition) is 6. The zero-order chi connectivity index (χ0) is 19.2. The molecule has 144 valence electrons. The lowest BCUT2D eigenvalue weighted by Crippen LogP contribution is -2.29. The van der Waals surface area contributed by atoms with Crippen molar-refractivity contribution in [2.45, 2.75) is 25.8 Å². The van der Waals surface area contributed by atoms with Crippen LogP contribution in [-0.2, 0) is 6.54 Å². The van der Waals surface area contributed by atoms with E-state index in [1.807, 2.05) is 30.1 Å². The van der Waals surface area contributed by atoms with E-state index in [2.05, 4.69) is 61.8 Å². The first-order valence-electron chi connectivity index (χ1n) is 9.85. The van der Waals surface area contributed by atoms with Crippen molar-refractivity contribution in [2.75, 3.05) is 35.3 Å². The highest BCUT2D eigenvalue weighted by atomic mass is 15.3. The van der Waals surface area contributed by atoms with Crippen LogP contribution in [0.3, 0.4) is 0 Å². The molecule has 0 radical (unpaired) electrons. The quantitative estimate of drug-likeness (QED) is 0.696. The number of rotatable bonds is 6. The maximum Gasteiger partial charge on any atom is 0.247 e. The summed E-state index contributed by atoms with van der Waals surface area (Å²) in [5.41, 5.74) is 3.49. The summed E-state index contributed by atoms with van der Waals surface area (Å²) in [6.07, 6.45) is 5.56. The fraction of sp³-hybridized carbons (Fsp3) is 0.318. The molecule has 1 N–H and O–H groups in total. The molecule has 0 bridgehead atoms. The molecule has 1 aliphatic rings. The maximum absolute atomic E-state index is 4.61. The summed E-state index contributed by atoms with van der Waals surface area (Å²) in [6.45, 7) is 3.04. The van der Waals surface area contributed by atoms with E-state index in [4.69, 9.17) is 0 Å². The summed E-state index contributed by atoms with van der Waals surface area (Å²) in [4.78, 5) is 9.05. The van der Waals surface area contributed by atoms with Crippen LogP contribution >= 0.6 is 0 Å². The van der Waals surface area contributed by atoms with Gasteiger partial charge in [-0.25, -0.2) is 0 Å². The molecule has 0 aliphatic carbocycles. The Kier molecular flexibility index (Phi) is 5.66. The highest BCUT2D eigenvalue weighted by Crippen LogP contribution is 2.23. The molecule has 2 aromatic carbocycles. The van der Waals surface area contributed by atoms with E-state index < -0.39 is 0 Å². The van der Waals surface area contributed by atoms with Gasteiger partial charge in [-0.15, -0.1) is 5.10 Å². The molecule has 1 fully saturated rings. The topological polar surface area (TPSA) is 57.2 Å². The van der Waals surface area contributed by atoms with Gasteiger partial charge in [-0.05, 0) is 49.1 Å². The molecule has 2 heterocycles. The van der Waals surface area contributed by atoms with E-state index in [0.717, 1.165) is 25.3 Å². The van der Waals surface area contributed by atoms with E-state index in [-0.39, 0.29) is 0 Å². The Labute approximate surface area is 166 Å².